The highest BCUT2D eigenvalue weighted by atomic mass is 16.6. The first kappa shape index (κ1) is 24.2. The number of carbonyl (C=O) groups is 1. The highest BCUT2D eigenvalue weighted by Gasteiger charge is 2.34. The first-order valence-corrected chi connectivity index (χ1v) is 12.8. The van der Waals surface area contributed by atoms with Crippen molar-refractivity contribution in [2.24, 2.45) is 5.92 Å². The van der Waals surface area contributed by atoms with Crippen LogP contribution in [0, 0.1) is 5.92 Å². The molecule has 2 aliphatic carbocycles. The summed E-state index contributed by atoms with van der Waals surface area (Å²) in [6.07, 6.45) is 11.8. The number of allylic oxidation sites excluding steroid dienone is 1. The third-order valence-corrected chi connectivity index (χ3v) is 7.13. The van der Waals surface area contributed by atoms with Gasteiger partial charge in [-0.3, -0.25) is 4.90 Å². The van der Waals surface area contributed by atoms with Gasteiger partial charge in [0.15, 0.2) is 0 Å². The molecule has 2 atom stereocenters. The molecule has 1 aliphatic heterocycles. The molecule has 1 heterocycles. The van der Waals surface area contributed by atoms with E-state index >= 15 is 0 Å². The Kier molecular flexibility index (Phi) is 9.21. The van der Waals surface area contributed by atoms with Gasteiger partial charge in [0, 0.05) is 19.1 Å². The zero-order chi connectivity index (χ0) is 22.9. The van der Waals surface area contributed by atoms with Gasteiger partial charge in [-0.25, -0.2) is 4.79 Å². The smallest absolute Gasteiger partial charge is 0.373 e. The van der Waals surface area contributed by atoms with Gasteiger partial charge in [-0.1, -0.05) is 31.0 Å². The zero-order valence-corrected chi connectivity index (χ0v) is 20.0. The van der Waals surface area contributed by atoms with Gasteiger partial charge in [0.1, 0.15) is 5.75 Å². The second kappa shape index (κ2) is 12.5. The standard InChI is InChI=1S/C27H39NO5/c1-2-30-27(29)26(33-23-8-4-3-5-9-23)20-21-12-14-22(15-13-21)31-18-16-28-17-19-32-25-11-7-6-10-24(25)28/h3-5,8-9,20-22,24-25H,2,6-7,10-19H2,1H3/b26-20-. The molecule has 2 unspecified atom stereocenters. The average Bonchev–Trinajstić information content (AvgIpc) is 2.85. The van der Waals surface area contributed by atoms with Crippen molar-refractivity contribution in [1.82, 2.24) is 4.90 Å². The molecule has 1 aromatic carbocycles. The van der Waals surface area contributed by atoms with Crippen LogP contribution in [0.15, 0.2) is 42.2 Å². The Bertz CT molecular complexity index is 757. The lowest BCUT2D eigenvalue weighted by molar-refractivity contribution is -0.141. The number of ether oxygens (including phenoxy) is 4. The maximum atomic E-state index is 12.4. The van der Waals surface area contributed by atoms with Crippen molar-refractivity contribution in [3.05, 3.63) is 42.2 Å². The van der Waals surface area contributed by atoms with E-state index in [1.54, 1.807) is 0 Å². The van der Waals surface area contributed by atoms with Crippen molar-refractivity contribution in [2.45, 2.75) is 76.5 Å². The summed E-state index contributed by atoms with van der Waals surface area (Å²) in [6, 6.07) is 10.00. The third kappa shape index (κ3) is 7.05. The first-order chi connectivity index (χ1) is 16.2. The third-order valence-electron chi connectivity index (χ3n) is 7.13. The largest absolute Gasteiger partial charge is 0.460 e. The van der Waals surface area contributed by atoms with Gasteiger partial charge in [-0.05, 0) is 69.6 Å². The molecule has 0 bridgehead atoms. The fourth-order valence-corrected chi connectivity index (χ4v) is 5.39. The Morgan fingerprint density at radius 3 is 2.67 bits per heavy atom. The topological polar surface area (TPSA) is 57.2 Å². The second-order valence-corrected chi connectivity index (χ2v) is 9.37. The van der Waals surface area contributed by atoms with Crippen molar-refractivity contribution in [1.29, 1.82) is 0 Å². The second-order valence-electron chi connectivity index (χ2n) is 9.37. The van der Waals surface area contributed by atoms with Crippen LogP contribution in [0.25, 0.3) is 0 Å². The van der Waals surface area contributed by atoms with E-state index in [4.69, 9.17) is 18.9 Å². The lowest BCUT2D eigenvalue weighted by atomic mass is 9.87. The fraction of sp³-hybridized carbons (Fsp3) is 0.667. The minimum Gasteiger partial charge on any atom is -0.460 e. The lowest BCUT2D eigenvalue weighted by Crippen LogP contribution is -2.53. The molecule has 0 radical (unpaired) electrons. The van der Waals surface area contributed by atoms with Crippen LogP contribution in [0.5, 0.6) is 5.75 Å². The summed E-state index contributed by atoms with van der Waals surface area (Å²) in [4.78, 5) is 15.0. The number of rotatable bonds is 9. The van der Waals surface area contributed by atoms with E-state index in [0.29, 0.717) is 42.3 Å². The van der Waals surface area contributed by atoms with E-state index < -0.39 is 5.97 Å². The Morgan fingerprint density at radius 1 is 1.09 bits per heavy atom. The summed E-state index contributed by atoms with van der Waals surface area (Å²) in [5, 5.41) is 0. The average molecular weight is 458 g/mol. The highest BCUT2D eigenvalue weighted by Crippen LogP contribution is 2.30. The maximum absolute atomic E-state index is 12.4. The first-order valence-electron chi connectivity index (χ1n) is 12.8. The van der Waals surface area contributed by atoms with Crippen LogP contribution in [-0.2, 0) is 19.0 Å². The van der Waals surface area contributed by atoms with Crippen LogP contribution >= 0.6 is 0 Å². The number of para-hydroxylation sites is 1. The number of morpholine rings is 1. The molecule has 2 saturated carbocycles. The SMILES string of the molecule is CCOC(=O)/C(=C/C1CCC(OCCN2CCOC3CCCCC32)CC1)Oc1ccccc1. The molecule has 0 aromatic heterocycles. The van der Waals surface area contributed by atoms with Crippen LogP contribution in [-0.4, -0.2) is 62.0 Å². The summed E-state index contributed by atoms with van der Waals surface area (Å²) in [5.74, 6) is 0.848. The fourth-order valence-electron chi connectivity index (χ4n) is 5.39. The molecule has 182 valence electrons. The Labute approximate surface area is 198 Å². The molecule has 1 saturated heterocycles. The molecule has 0 N–H and O–H groups in total. The summed E-state index contributed by atoms with van der Waals surface area (Å²) >= 11 is 0. The molecular formula is C27H39NO5. The van der Waals surface area contributed by atoms with Gasteiger partial charge in [0.25, 0.3) is 0 Å². The molecule has 33 heavy (non-hydrogen) atoms. The van der Waals surface area contributed by atoms with E-state index in [9.17, 15) is 4.79 Å². The van der Waals surface area contributed by atoms with E-state index in [-0.39, 0.29) is 0 Å². The number of hydrogen-bond donors (Lipinski definition) is 0. The van der Waals surface area contributed by atoms with E-state index in [1.165, 1.54) is 25.7 Å². The molecular weight excluding hydrogens is 418 g/mol. The number of esters is 1. The van der Waals surface area contributed by atoms with E-state index in [2.05, 4.69) is 4.90 Å². The van der Waals surface area contributed by atoms with Crippen LogP contribution in [0.4, 0.5) is 0 Å². The van der Waals surface area contributed by atoms with Crippen LogP contribution in [0.2, 0.25) is 0 Å². The minimum absolute atomic E-state index is 0.293. The van der Waals surface area contributed by atoms with Crippen LogP contribution in [0.3, 0.4) is 0 Å². The van der Waals surface area contributed by atoms with Gasteiger partial charge in [-0.15, -0.1) is 0 Å². The van der Waals surface area contributed by atoms with Gasteiger partial charge in [0.05, 0.1) is 32.0 Å². The molecule has 3 fully saturated rings. The minimum atomic E-state index is -0.397. The molecule has 3 aliphatic rings. The van der Waals surface area contributed by atoms with Crippen molar-refractivity contribution < 1.29 is 23.7 Å². The predicted octanol–water partition coefficient (Wildman–Crippen LogP) is 4.73. The van der Waals surface area contributed by atoms with Gasteiger partial charge in [0.2, 0.25) is 5.76 Å². The quantitative estimate of drug-likeness (QED) is 0.304. The zero-order valence-electron chi connectivity index (χ0n) is 20.0. The molecule has 6 nitrogen and oxygen atoms in total. The van der Waals surface area contributed by atoms with Gasteiger partial charge < -0.3 is 18.9 Å². The Morgan fingerprint density at radius 2 is 1.88 bits per heavy atom. The van der Waals surface area contributed by atoms with Crippen molar-refractivity contribution in [3.8, 4) is 5.75 Å². The Hall–Kier alpha value is -1.89. The number of fused-ring (bicyclic) bond motifs is 1. The van der Waals surface area contributed by atoms with Gasteiger partial charge >= 0.3 is 5.97 Å². The Balaban J connectivity index is 1.23. The molecule has 1 aromatic rings. The normalized spacial score (nSPS) is 28.7. The van der Waals surface area contributed by atoms with Crippen LogP contribution < -0.4 is 4.74 Å². The van der Waals surface area contributed by atoms with Crippen molar-refractivity contribution in [3.63, 3.8) is 0 Å². The van der Waals surface area contributed by atoms with E-state index in [1.807, 2.05) is 43.3 Å². The van der Waals surface area contributed by atoms with E-state index in [0.717, 1.165) is 52.0 Å². The number of nitrogens with zero attached hydrogens (tertiary/aromatic N) is 1. The highest BCUT2D eigenvalue weighted by molar-refractivity contribution is 5.86. The summed E-state index contributed by atoms with van der Waals surface area (Å²) in [7, 11) is 0. The van der Waals surface area contributed by atoms with Crippen molar-refractivity contribution in [2.75, 3.05) is 32.9 Å². The summed E-state index contributed by atoms with van der Waals surface area (Å²) in [5.41, 5.74) is 0. The molecule has 6 heteroatoms. The lowest BCUT2D eigenvalue weighted by Gasteiger charge is -2.44. The summed E-state index contributed by atoms with van der Waals surface area (Å²) in [6.45, 7) is 5.82. The molecule has 0 amide bonds. The van der Waals surface area contributed by atoms with Crippen LogP contribution in [0.1, 0.15) is 58.3 Å². The molecule has 0 spiro atoms. The maximum Gasteiger partial charge on any atom is 0.373 e. The number of benzene rings is 1. The number of carbonyl (C=O) groups excluding carboxylic acids is 1. The predicted molar refractivity (Wildman–Crippen MR) is 127 cm³/mol. The summed E-state index contributed by atoms with van der Waals surface area (Å²) < 4.78 is 23.4. The van der Waals surface area contributed by atoms with Crippen molar-refractivity contribution >= 4 is 5.97 Å². The number of hydrogen-bond acceptors (Lipinski definition) is 6. The monoisotopic (exact) mass is 457 g/mol. The van der Waals surface area contributed by atoms with Gasteiger partial charge in [-0.2, -0.15) is 0 Å². The molecule has 4 rings (SSSR count).